The molecule has 106 valence electrons. The molecule has 0 bridgehead atoms. The molecular formula is C16H19BrN2O. The van der Waals surface area contributed by atoms with Crippen LogP contribution in [0.15, 0.2) is 47.2 Å². The molecule has 2 rings (SSSR count). The van der Waals surface area contributed by atoms with Crippen molar-refractivity contribution in [1.82, 2.24) is 10.3 Å². The van der Waals surface area contributed by atoms with E-state index in [1.807, 2.05) is 31.4 Å². The summed E-state index contributed by atoms with van der Waals surface area (Å²) in [6.07, 6.45) is 4.60. The van der Waals surface area contributed by atoms with Gasteiger partial charge >= 0.3 is 0 Å². The molecule has 0 saturated carbocycles. The second kappa shape index (κ2) is 7.41. The monoisotopic (exact) mass is 334 g/mol. The molecule has 0 aliphatic rings. The van der Waals surface area contributed by atoms with Crippen molar-refractivity contribution in [3.8, 4) is 5.75 Å². The second-order valence-electron chi connectivity index (χ2n) is 4.84. The number of likely N-dealkylation sites (N-methyl/N-ethyl adjacent to an activating group) is 1. The van der Waals surface area contributed by atoms with Crippen LogP contribution in [0.25, 0.3) is 0 Å². The molecule has 0 fully saturated rings. The number of nitrogens with one attached hydrogen (secondary N) is 1. The van der Waals surface area contributed by atoms with Crippen molar-refractivity contribution >= 4 is 15.9 Å². The van der Waals surface area contributed by atoms with E-state index in [0.29, 0.717) is 12.6 Å². The van der Waals surface area contributed by atoms with E-state index < -0.39 is 0 Å². The van der Waals surface area contributed by atoms with Gasteiger partial charge in [0.25, 0.3) is 0 Å². The fourth-order valence-corrected chi connectivity index (χ4v) is 2.29. The third kappa shape index (κ3) is 4.62. The zero-order valence-electron chi connectivity index (χ0n) is 11.8. The lowest BCUT2D eigenvalue weighted by Gasteiger charge is -2.11. The number of nitrogens with zero attached hydrogens (tertiary/aromatic N) is 1. The fraction of sp³-hybridized carbons (Fsp3) is 0.312. The first-order valence-corrected chi connectivity index (χ1v) is 7.45. The SMILES string of the molecule is CNC(C)Cc1ccc(OCc2cncc(Br)c2)cc1. The van der Waals surface area contributed by atoms with Gasteiger partial charge in [0, 0.05) is 28.5 Å². The molecule has 20 heavy (non-hydrogen) atoms. The Kier molecular flexibility index (Phi) is 5.56. The lowest BCUT2D eigenvalue weighted by atomic mass is 10.1. The minimum atomic E-state index is 0.481. The van der Waals surface area contributed by atoms with Crippen LogP contribution in [-0.2, 0) is 13.0 Å². The van der Waals surface area contributed by atoms with E-state index >= 15 is 0 Å². The summed E-state index contributed by atoms with van der Waals surface area (Å²) in [5.74, 6) is 0.880. The van der Waals surface area contributed by atoms with E-state index in [9.17, 15) is 0 Å². The van der Waals surface area contributed by atoms with Crippen LogP contribution in [0.3, 0.4) is 0 Å². The fourth-order valence-electron chi connectivity index (χ4n) is 1.88. The summed E-state index contributed by atoms with van der Waals surface area (Å²) in [6, 6.07) is 10.8. The van der Waals surface area contributed by atoms with E-state index in [0.717, 1.165) is 22.2 Å². The van der Waals surface area contributed by atoms with Crippen LogP contribution in [0.4, 0.5) is 0 Å². The molecule has 0 aliphatic carbocycles. The van der Waals surface area contributed by atoms with E-state index in [2.05, 4.69) is 45.3 Å². The maximum Gasteiger partial charge on any atom is 0.119 e. The predicted octanol–water partition coefficient (Wildman–Crippen LogP) is 3.57. The average Bonchev–Trinajstić information content (AvgIpc) is 2.46. The van der Waals surface area contributed by atoms with Crippen molar-refractivity contribution in [3.63, 3.8) is 0 Å². The van der Waals surface area contributed by atoms with Crippen LogP contribution in [0.2, 0.25) is 0 Å². The Labute approximate surface area is 128 Å². The smallest absolute Gasteiger partial charge is 0.119 e. The standard InChI is InChI=1S/C16H19BrN2O/c1-12(18-2)7-13-3-5-16(6-4-13)20-11-14-8-15(17)10-19-9-14/h3-6,8-10,12,18H,7,11H2,1-2H3. The highest BCUT2D eigenvalue weighted by atomic mass is 79.9. The Hall–Kier alpha value is -1.39. The van der Waals surface area contributed by atoms with Gasteiger partial charge < -0.3 is 10.1 Å². The third-order valence-electron chi connectivity index (χ3n) is 3.13. The summed E-state index contributed by atoms with van der Waals surface area (Å²) < 4.78 is 6.72. The van der Waals surface area contributed by atoms with Crippen LogP contribution in [0.5, 0.6) is 5.75 Å². The molecule has 0 spiro atoms. The Morgan fingerprint density at radius 2 is 1.95 bits per heavy atom. The molecule has 4 heteroatoms. The molecule has 3 nitrogen and oxygen atoms in total. The van der Waals surface area contributed by atoms with E-state index in [1.165, 1.54) is 5.56 Å². The van der Waals surface area contributed by atoms with Gasteiger partial charge in [0.2, 0.25) is 0 Å². The summed E-state index contributed by atoms with van der Waals surface area (Å²) in [7, 11) is 1.98. The highest BCUT2D eigenvalue weighted by Gasteiger charge is 2.02. The van der Waals surface area contributed by atoms with Gasteiger partial charge in [0.15, 0.2) is 0 Å². The van der Waals surface area contributed by atoms with Crippen LogP contribution in [0.1, 0.15) is 18.1 Å². The third-order valence-corrected chi connectivity index (χ3v) is 3.56. The molecule has 1 N–H and O–H groups in total. The summed E-state index contributed by atoms with van der Waals surface area (Å²) in [6.45, 7) is 2.70. The first-order valence-electron chi connectivity index (χ1n) is 6.66. The Morgan fingerprint density at radius 1 is 1.20 bits per heavy atom. The van der Waals surface area contributed by atoms with Crippen molar-refractivity contribution in [2.24, 2.45) is 0 Å². The molecule has 2 aromatic rings. The molecule has 1 aromatic heterocycles. The highest BCUT2D eigenvalue weighted by Crippen LogP contribution is 2.16. The number of benzene rings is 1. The molecule has 0 aliphatic heterocycles. The second-order valence-corrected chi connectivity index (χ2v) is 5.75. The van der Waals surface area contributed by atoms with Gasteiger partial charge in [-0.25, -0.2) is 0 Å². The Balaban J connectivity index is 1.90. The summed E-state index contributed by atoms with van der Waals surface area (Å²) in [4.78, 5) is 4.12. The van der Waals surface area contributed by atoms with Gasteiger partial charge in [-0.3, -0.25) is 4.98 Å². The lowest BCUT2D eigenvalue weighted by molar-refractivity contribution is 0.305. The van der Waals surface area contributed by atoms with Crippen LogP contribution in [0, 0.1) is 0 Å². The molecule has 0 amide bonds. The van der Waals surface area contributed by atoms with Gasteiger partial charge in [0.05, 0.1) is 0 Å². The van der Waals surface area contributed by atoms with E-state index in [4.69, 9.17) is 4.74 Å². The van der Waals surface area contributed by atoms with E-state index in [1.54, 1.807) is 6.20 Å². The average molecular weight is 335 g/mol. The lowest BCUT2D eigenvalue weighted by Crippen LogP contribution is -2.23. The molecule has 0 saturated heterocycles. The van der Waals surface area contributed by atoms with Crippen molar-refractivity contribution in [1.29, 1.82) is 0 Å². The maximum atomic E-state index is 5.76. The van der Waals surface area contributed by atoms with Gasteiger partial charge in [-0.05, 0) is 60.1 Å². The summed E-state index contributed by atoms with van der Waals surface area (Å²) >= 11 is 3.40. The van der Waals surface area contributed by atoms with Gasteiger partial charge in [0.1, 0.15) is 12.4 Å². The van der Waals surface area contributed by atoms with Gasteiger partial charge in [-0.1, -0.05) is 12.1 Å². The quantitative estimate of drug-likeness (QED) is 0.876. The molecule has 1 heterocycles. The topological polar surface area (TPSA) is 34.1 Å². The Morgan fingerprint density at radius 3 is 2.60 bits per heavy atom. The highest BCUT2D eigenvalue weighted by molar-refractivity contribution is 9.10. The number of ether oxygens (including phenoxy) is 1. The van der Waals surface area contributed by atoms with E-state index in [-0.39, 0.29) is 0 Å². The molecule has 0 radical (unpaired) electrons. The molecule has 1 atom stereocenters. The normalized spacial score (nSPS) is 12.2. The van der Waals surface area contributed by atoms with Crippen molar-refractivity contribution < 1.29 is 4.74 Å². The number of halogens is 1. The summed E-state index contributed by atoms with van der Waals surface area (Å²) in [5.41, 5.74) is 2.36. The number of aromatic nitrogens is 1. The van der Waals surface area contributed by atoms with Crippen LogP contribution >= 0.6 is 15.9 Å². The van der Waals surface area contributed by atoms with Crippen LogP contribution < -0.4 is 10.1 Å². The van der Waals surface area contributed by atoms with Gasteiger partial charge in [-0.15, -0.1) is 0 Å². The van der Waals surface area contributed by atoms with Crippen molar-refractivity contribution in [2.75, 3.05) is 7.05 Å². The van der Waals surface area contributed by atoms with Gasteiger partial charge in [-0.2, -0.15) is 0 Å². The molecular weight excluding hydrogens is 316 g/mol. The summed E-state index contributed by atoms with van der Waals surface area (Å²) in [5, 5.41) is 3.24. The number of hydrogen-bond donors (Lipinski definition) is 1. The Bertz CT molecular complexity index is 542. The number of rotatable bonds is 6. The maximum absolute atomic E-state index is 5.76. The molecule has 1 aromatic carbocycles. The van der Waals surface area contributed by atoms with Crippen molar-refractivity contribution in [2.45, 2.75) is 26.0 Å². The van der Waals surface area contributed by atoms with Crippen LogP contribution in [-0.4, -0.2) is 18.1 Å². The minimum Gasteiger partial charge on any atom is -0.489 e. The molecule has 1 unspecified atom stereocenters. The van der Waals surface area contributed by atoms with Crippen molar-refractivity contribution in [3.05, 3.63) is 58.3 Å². The predicted molar refractivity (Wildman–Crippen MR) is 84.9 cm³/mol. The largest absolute Gasteiger partial charge is 0.489 e. The first-order chi connectivity index (χ1) is 9.67. The minimum absolute atomic E-state index is 0.481. The zero-order chi connectivity index (χ0) is 14.4. The zero-order valence-corrected chi connectivity index (χ0v) is 13.4. The number of hydrogen-bond acceptors (Lipinski definition) is 3. The number of pyridine rings is 1. The first kappa shape index (κ1) is 15.0.